The van der Waals surface area contributed by atoms with Crippen LogP contribution in [0.15, 0.2) is 35.4 Å². The van der Waals surface area contributed by atoms with Gasteiger partial charge in [-0.15, -0.1) is 5.10 Å². The third-order valence-corrected chi connectivity index (χ3v) is 3.99. The maximum atomic E-state index is 12.4. The molecule has 0 saturated carbocycles. The number of likely N-dealkylation sites (tertiary alicyclic amines) is 1. The highest BCUT2D eigenvalue weighted by Crippen LogP contribution is 2.25. The van der Waals surface area contributed by atoms with E-state index in [-0.39, 0.29) is 18.0 Å². The number of hydrogen-bond donors (Lipinski definition) is 0. The Labute approximate surface area is 123 Å². The minimum atomic E-state index is 0.117. The van der Waals surface area contributed by atoms with Crippen LogP contribution in [0.2, 0.25) is 0 Å². The molecular weight excluding hydrogens is 270 g/mol. The van der Waals surface area contributed by atoms with Gasteiger partial charge in [-0.3, -0.25) is 4.79 Å². The summed E-state index contributed by atoms with van der Waals surface area (Å²) in [5.74, 6) is 0.117. The minimum absolute atomic E-state index is 0.117. The van der Waals surface area contributed by atoms with Crippen LogP contribution in [0, 0.1) is 0 Å². The van der Waals surface area contributed by atoms with Gasteiger partial charge < -0.3 is 14.2 Å². The van der Waals surface area contributed by atoms with Gasteiger partial charge in [0.1, 0.15) is 0 Å². The second kappa shape index (κ2) is 5.69. The molecule has 1 aliphatic heterocycles. The van der Waals surface area contributed by atoms with Gasteiger partial charge in [-0.25, -0.2) is 4.68 Å². The van der Waals surface area contributed by atoms with E-state index in [2.05, 4.69) is 15.2 Å². The van der Waals surface area contributed by atoms with Crippen LogP contribution >= 0.6 is 0 Å². The Hall–Kier alpha value is -2.15. The molecule has 1 fully saturated rings. The number of likely N-dealkylation sites (N-methyl/N-ethyl adjacent to an activating group) is 1. The fourth-order valence-electron chi connectivity index (χ4n) is 2.81. The molecule has 2 aromatic rings. The molecule has 0 radical (unpaired) electrons. The first-order valence-corrected chi connectivity index (χ1v) is 6.96. The van der Waals surface area contributed by atoms with Crippen LogP contribution in [0.5, 0.6) is 0 Å². The van der Waals surface area contributed by atoms with Crippen molar-refractivity contribution in [2.75, 3.05) is 27.2 Å². The average molecular weight is 289 g/mol. The van der Waals surface area contributed by atoms with Gasteiger partial charge in [0.25, 0.3) is 0 Å². The number of aromatic nitrogens is 3. The number of nitrogens with zero attached hydrogens (tertiary/aromatic N) is 5. The van der Waals surface area contributed by atoms with Gasteiger partial charge in [-0.2, -0.15) is 0 Å². The van der Waals surface area contributed by atoms with Crippen molar-refractivity contribution in [1.29, 1.82) is 0 Å². The van der Waals surface area contributed by atoms with E-state index in [1.807, 2.05) is 35.9 Å². The van der Waals surface area contributed by atoms with Gasteiger partial charge in [0.05, 0.1) is 37.2 Å². The third-order valence-electron chi connectivity index (χ3n) is 3.99. The van der Waals surface area contributed by atoms with E-state index >= 15 is 0 Å². The SMILES string of the molecule is CN(C)[C@@H]1CN(C(=O)Cc2ccoc2)C[C@@H]1n1ccnn1. The van der Waals surface area contributed by atoms with E-state index in [1.165, 1.54) is 0 Å². The topological polar surface area (TPSA) is 67.4 Å². The molecule has 0 unspecified atom stereocenters. The predicted molar refractivity (Wildman–Crippen MR) is 75.5 cm³/mol. The van der Waals surface area contributed by atoms with Crippen molar-refractivity contribution in [2.24, 2.45) is 0 Å². The highest BCUT2D eigenvalue weighted by atomic mass is 16.3. The molecule has 112 valence electrons. The van der Waals surface area contributed by atoms with Gasteiger partial charge in [0, 0.05) is 19.3 Å². The molecule has 21 heavy (non-hydrogen) atoms. The first-order valence-electron chi connectivity index (χ1n) is 6.96. The average Bonchev–Trinajstić information content (AvgIpc) is 3.19. The molecule has 3 rings (SSSR count). The lowest BCUT2D eigenvalue weighted by molar-refractivity contribution is -0.129. The lowest BCUT2D eigenvalue weighted by atomic mass is 10.1. The molecule has 0 aromatic carbocycles. The van der Waals surface area contributed by atoms with Crippen molar-refractivity contribution in [1.82, 2.24) is 24.8 Å². The number of furan rings is 1. The summed E-state index contributed by atoms with van der Waals surface area (Å²) in [6, 6.07) is 2.20. The zero-order valence-corrected chi connectivity index (χ0v) is 12.2. The molecule has 1 amide bonds. The minimum Gasteiger partial charge on any atom is -0.472 e. The van der Waals surface area contributed by atoms with E-state index in [0.29, 0.717) is 19.5 Å². The summed E-state index contributed by atoms with van der Waals surface area (Å²) in [6.45, 7) is 1.36. The normalized spacial score (nSPS) is 22.1. The number of rotatable bonds is 4. The smallest absolute Gasteiger partial charge is 0.227 e. The molecule has 0 bridgehead atoms. The van der Waals surface area contributed by atoms with Crippen LogP contribution in [-0.4, -0.2) is 63.9 Å². The van der Waals surface area contributed by atoms with Crippen molar-refractivity contribution in [3.63, 3.8) is 0 Å². The van der Waals surface area contributed by atoms with Gasteiger partial charge in [0.2, 0.25) is 5.91 Å². The Morgan fingerprint density at radius 1 is 1.48 bits per heavy atom. The second-order valence-corrected chi connectivity index (χ2v) is 5.59. The third kappa shape index (κ3) is 2.82. The molecule has 2 atom stereocenters. The molecule has 1 saturated heterocycles. The largest absolute Gasteiger partial charge is 0.472 e. The Morgan fingerprint density at radius 3 is 2.95 bits per heavy atom. The Morgan fingerprint density at radius 2 is 2.33 bits per heavy atom. The number of carbonyl (C=O) groups excluding carboxylic acids is 1. The van der Waals surface area contributed by atoms with Crippen LogP contribution < -0.4 is 0 Å². The summed E-state index contributed by atoms with van der Waals surface area (Å²) in [4.78, 5) is 16.4. The zero-order valence-electron chi connectivity index (χ0n) is 12.2. The van der Waals surface area contributed by atoms with Crippen molar-refractivity contribution >= 4 is 5.91 Å². The molecular formula is C14H19N5O2. The van der Waals surface area contributed by atoms with Crippen molar-refractivity contribution in [2.45, 2.75) is 18.5 Å². The van der Waals surface area contributed by atoms with Crippen LogP contribution in [0.25, 0.3) is 0 Å². The highest BCUT2D eigenvalue weighted by molar-refractivity contribution is 5.79. The first kappa shape index (κ1) is 13.8. The summed E-state index contributed by atoms with van der Waals surface area (Å²) in [6.07, 6.45) is 7.11. The summed E-state index contributed by atoms with van der Waals surface area (Å²) < 4.78 is 6.86. The fourth-order valence-corrected chi connectivity index (χ4v) is 2.81. The van der Waals surface area contributed by atoms with E-state index in [1.54, 1.807) is 18.7 Å². The van der Waals surface area contributed by atoms with Crippen molar-refractivity contribution in [3.05, 3.63) is 36.5 Å². The van der Waals surface area contributed by atoms with Gasteiger partial charge in [-0.1, -0.05) is 5.21 Å². The van der Waals surface area contributed by atoms with E-state index < -0.39 is 0 Å². The maximum Gasteiger partial charge on any atom is 0.227 e. The summed E-state index contributed by atoms with van der Waals surface area (Å²) >= 11 is 0. The Kier molecular flexibility index (Phi) is 3.74. The summed E-state index contributed by atoms with van der Waals surface area (Å²) in [5.41, 5.74) is 0.908. The standard InChI is InChI=1S/C14H19N5O2/c1-17(2)12-8-18(9-13(12)19-5-4-15-16-19)14(20)7-11-3-6-21-10-11/h3-6,10,12-13H,7-9H2,1-2H3/t12-,13+/m1/s1. The lowest BCUT2D eigenvalue weighted by Gasteiger charge is -2.24. The molecule has 0 aliphatic carbocycles. The Balaban J connectivity index is 1.72. The van der Waals surface area contributed by atoms with Crippen molar-refractivity contribution < 1.29 is 9.21 Å². The van der Waals surface area contributed by atoms with E-state index in [0.717, 1.165) is 5.56 Å². The summed E-state index contributed by atoms with van der Waals surface area (Å²) in [7, 11) is 4.05. The van der Waals surface area contributed by atoms with E-state index in [4.69, 9.17) is 4.42 Å². The fraction of sp³-hybridized carbons (Fsp3) is 0.500. The quantitative estimate of drug-likeness (QED) is 0.816. The molecule has 0 spiro atoms. The second-order valence-electron chi connectivity index (χ2n) is 5.59. The zero-order chi connectivity index (χ0) is 14.8. The molecule has 7 heteroatoms. The van der Waals surface area contributed by atoms with Gasteiger partial charge in [0.15, 0.2) is 0 Å². The van der Waals surface area contributed by atoms with E-state index in [9.17, 15) is 4.79 Å². The molecule has 7 nitrogen and oxygen atoms in total. The predicted octanol–water partition coefficient (Wildman–Crippen LogP) is 0.427. The maximum absolute atomic E-state index is 12.4. The molecule has 3 heterocycles. The number of amides is 1. The van der Waals surface area contributed by atoms with Crippen LogP contribution in [0.4, 0.5) is 0 Å². The molecule has 0 N–H and O–H groups in total. The monoisotopic (exact) mass is 289 g/mol. The Bertz CT molecular complexity index is 579. The highest BCUT2D eigenvalue weighted by Gasteiger charge is 2.37. The molecule has 1 aliphatic rings. The van der Waals surface area contributed by atoms with Crippen LogP contribution in [-0.2, 0) is 11.2 Å². The number of carbonyl (C=O) groups is 1. The van der Waals surface area contributed by atoms with Crippen LogP contribution in [0.3, 0.4) is 0 Å². The number of hydrogen-bond acceptors (Lipinski definition) is 5. The van der Waals surface area contributed by atoms with Crippen LogP contribution in [0.1, 0.15) is 11.6 Å². The van der Waals surface area contributed by atoms with Crippen molar-refractivity contribution in [3.8, 4) is 0 Å². The van der Waals surface area contributed by atoms with Gasteiger partial charge in [-0.05, 0) is 25.7 Å². The first-order chi connectivity index (χ1) is 10.1. The van der Waals surface area contributed by atoms with Gasteiger partial charge >= 0.3 is 0 Å². The molecule has 2 aromatic heterocycles. The lowest BCUT2D eigenvalue weighted by Crippen LogP contribution is -2.37. The summed E-state index contributed by atoms with van der Waals surface area (Å²) in [5, 5.41) is 7.96.